The van der Waals surface area contributed by atoms with Gasteiger partial charge in [0.25, 0.3) is 0 Å². The lowest BCUT2D eigenvalue weighted by molar-refractivity contribution is 0.871. The Kier molecular flexibility index (Phi) is 4.38. The molecule has 3 N–H and O–H groups in total. The van der Waals surface area contributed by atoms with Crippen LogP contribution in [-0.4, -0.2) is 19.4 Å². The molecule has 28 heavy (non-hydrogen) atoms. The number of rotatable bonds is 4. The Bertz CT molecular complexity index is 1190. The van der Waals surface area contributed by atoms with Crippen LogP contribution < -0.4 is 11.1 Å². The third-order valence-corrected chi connectivity index (χ3v) is 4.77. The van der Waals surface area contributed by atoms with Gasteiger partial charge in [0.15, 0.2) is 0 Å². The number of hydrogen-bond donors (Lipinski definition) is 2. The number of nitrogen functional groups attached to an aromatic ring is 1. The lowest BCUT2D eigenvalue weighted by Crippen LogP contribution is -2.11. The minimum absolute atomic E-state index is 0.141. The number of fused-ring (bicyclic) bond motifs is 1. The molecule has 0 fully saturated rings. The van der Waals surface area contributed by atoms with Gasteiger partial charge in [-0.2, -0.15) is 5.26 Å². The molecule has 0 saturated heterocycles. The highest BCUT2D eigenvalue weighted by atomic mass is 15.1. The zero-order valence-electron chi connectivity index (χ0n) is 15.6. The highest BCUT2D eigenvalue weighted by Crippen LogP contribution is 2.33. The normalized spacial score (nSPS) is 11.9. The lowest BCUT2D eigenvalue weighted by atomic mass is 10.1. The summed E-state index contributed by atoms with van der Waals surface area (Å²) in [6.45, 7) is 4.11. The van der Waals surface area contributed by atoms with E-state index in [9.17, 15) is 5.26 Å². The van der Waals surface area contributed by atoms with Gasteiger partial charge in [-0.25, -0.2) is 9.97 Å². The number of nitriles is 1. The second-order valence-electron chi connectivity index (χ2n) is 6.57. The van der Waals surface area contributed by atoms with Crippen molar-refractivity contribution in [1.82, 2.24) is 19.4 Å². The largest absolute Gasteiger partial charge is 0.382 e. The molecule has 1 atom stereocenters. The standard InChI is InChI=1S/C21H19N7/c1-13-6-5-9-28-18(13)10-15(19(28)17-7-3-4-8-24-17)14(2)27-21-16(11-22)20(23)25-12-26-21/h3-10,12,14H,1-2H3,(H3,23,25,26,27). The van der Waals surface area contributed by atoms with Crippen LogP contribution in [0.2, 0.25) is 0 Å². The van der Waals surface area contributed by atoms with E-state index in [1.54, 1.807) is 6.20 Å². The Morgan fingerprint density at radius 1 is 1.18 bits per heavy atom. The van der Waals surface area contributed by atoms with Gasteiger partial charge in [-0.05, 0) is 43.7 Å². The fourth-order valence-electron chi connectivity index (χ4n) is 3.37. The Balaban J connectivity index is 1.86. The summed E-state index contributed by atoms with van der Waals surface area (Å²) in [6, 6.07) is 14.0. The van der Waals surface area contributed by atoms with Gasteiger partial charge in [-0.15, -0.1) is 0 Å². The molecule has 0 aliphatic rings. The maximum Gasteiger partial charge on any atom is 0.150 e. The van der Waals surface area contributed by atoms with Crippen LogP contribution in [0.15, 0.2) is 55.1 Å². The lowest BCUT2D eigenvalue weighted by Gasteiger charge is -2.17. The van der Waals surface area contributed by atoms with Gasteiger partial charge in [0.2, 0.25) is 0 Å². The van der Waals surface area contributed by atoms with Crippen molar-refractivity contribution in [2.24, 2.45) is 0 Å². The molecule has 7 heteroatoms. The molecule has 4 rings (SSSR count). The first-order chi connectivity index (χ1) is 13.6. The fraction of sp³-hybridized carbons (Fsp3) is 0.143. The van der Waals surface area contributed by atoms with Crippen LogP contribution in [0, 0.1) is 18.3 Å². The Labute approximate surface area is 162 Å². The molecule has 4 aromatic rings. The van der Waals surface area contributed by atoms with Crippen molar-refractivity contribution in [3.63, 3.8) is 0 Å². The van der Waals surface area contributed by atoms with Crippen molar-refractivity contribution < 1.29 is 0 Å². The third-order valence-electron chi connectivity index (χ3n) is 4.77. The van der Waals surface area contributed by atoms with E-state index >= 15 is 0 Å². The molecule has 0 aromatic carbocycles. The van der Waals surface area contributed by atoms with Crippen LogP contribution in [0.5, 0.6) is 0 Å². The SMILES string of the molecule is Cc1cccn2c(-c3ccccn3)c(C(C)Nc3ncnc(N)c3C#N)cc12. The van der Waals surface area contributed by atoms with Gasteiger partial charge < -0.3 is 15.5 Å². The predicted octanol–water partition coefficient (Wildman–Crippen LogP) is 3.73. The molecule has 1 unspecified atom stereocenters. The second-order valence-corrected chi connectivity index (χ2v) is 6.57. The average molecular weight is 369 g/mol. The van der Waals surface area contributed by atoms with Crippen molar-refractivity contribution >= 4 is 17.2 Å². The van der Waals surface area contributed by atoms with E-state index in [4.69, 9.17) is 5.73 Å². The summed E-state index contributed by atoms with van der Waals surface area (Å²) in [6.07, 6.45) is 5.17. The molecule has 0 aliphatic carbocycles. The average Bonchev–Trinajstić information content (AvgIpc) is 3.10. The molecular formula is C21H19N7. The molecule has 0 spiro atoms. The first-order valence-corrected chi connectivity index (χ1v) is 8.89. The molecule has 0 aliphatic heterocycles. The molecule has 0 saturated carbocycles. The Hall–Kier alpha value is -3.92. The monoisotopic (exact) mass is 369 g/mol. The Morgan fingerprint density at radius 2 is 2.04 bits per heavy atom. The van der Waals surface area contributed by atoms with E-state index in [-0.39, 0.29) is 17.4 Å². The van der Waals surface area contributed by atoms with Crippen LogP contribution in [0.1, 0.15) is 29.7 Å². The number of nitrogens with zero attached hydrogens (tertiary/aromatic N) is 5. The maximum atomic E-state index is 9.40. The van der Waals surface area contributed by atoms with Crippen LogP contribution >= 0.6 is 0 Å². The molecule has 7 nitrogen and oxygen atoms in total. The van der Waals surface area contributed by atoms with E-state index in [2.05, 4.69) is 49.8 Å². The van der Waals surface area contributed by atoms with Crippen LogP contribution in [0.25, 0.3) is 16.9 Å². The van der Waals surface area contributed by atoms with E-state index < -0.39 is 0 Å². The van der Waals surface area contributed by atoms with Crippen molar-refractivity contribution in [3.8, 4) is 17.5 Å². The zero-order valence-corrected chi connectivity index (χ0v) is 15.6. The summed E-state index contributed by atoms with van der Waals surface area (Å²) >= 11 is 0. The predicted molar refractivity (Wildman–Crippen MR) is 109 cm³/mol. The van der Waals surface area contributed by atoms with E-state index in [1.807, 2.05) is 37.4 Å². The van der Waals surface area contributed by atoms with Crippen LogP contribution in [0.4, 0.5) is 11.6 Å². The van der Waals surface area contributed by atoms with E-state index in [0.29, 0.717) is 5.82 Å². The fourth-order valence-corrected chi connectivity index (χ4v) is 3.37. The molecule has 4 aromatic heterocycles. The summed E-state index contributed by atoms with van der Waals surface area (Å²) < 4.78 is 2.14. The maximum absolute atomic E-state index is 9.40. The summed E-state index contributed by atoms with van der Waals surface area (Å²) in [5, 5.41) is 12.7. The number of aromatic nitrogens is 4. The Morgan fingerprint density at radius 3 is 2.79 bits per heavy atom. The van der Waals surface area contributed by atoms with Gasteiger partial charge in [0.05, 0.1) is 17.4 Å². The van der Waals surface area contributed by atoms with Gasteiger partial charge in [0.1, 0.15) is 29.6 Å². The number of anilines is 2. The third kappa shape index (κ3) is 2.91. The summed E-state index contributed by atoms with van der Waals surface area (Å²) in [5.74, 6) is 0.580. The molecule has 138 valence electrons. The van der Waals surface area contributed by atoms with E-state index in [1.165, 1.54) is 11.9 Å². The summed E-state index contributed by atoms with van der Waals surface area (Å²) in [7, 11) is 0. The minimum atomic E-state index is -0.141. The molecular weight excluding hydrogens is 350 g/mol. The number of pyridine rings is 2. The van der Waals surface area contributed by atoms with Crippen molar-refractivity contribution in [1.29, 1.82) is 5.26 Å². The van der Waals surface area contributed by atoms with E-state index in [0.717, 1.165) is 22.5 Å². The quantitative estimate of drug-likeness (QED) is 0.568. The number of hydrogen-bond acceptors (Lipinski definition) is 6. The number of aryl methyl sites for hydroxylation is 1. The smallest absolute Gasteiger partial charge is 0.150 e. The molecule has 0 bridgehead atoms. The second kappa shape index (κ2) is 7.00. The first kappa shape index (κ1) is 17.5. The topological polar surface area (TPSA) is 105 Å². The van der Waals surface area contributed by atoms with Crippen LogP contribution in [-0.2, 0) is 0 Å². The van der Waals surface area contributed by atoms with Gasteiger partial charge >= 0.3 is 0 Å². The van der Waals surface area contributed by atoms with Crippen molar-refractivity contribution in [2.75, 3.05) is 11.1 Å². The first-order valence-electron chi connectivity index (χ1n) is 8.89. The van der Waals surface area contributed by atoms with Gasteiger partial charge in [-0.3, -0.25) is 4.98 Å². The molecule has 4 heterocycles. The number of nitrogens with one attached hydrogen (secondary N) is 1. The van der Waals surface area contributed by atoms with Gasteiger partial charge in [-0.1, -0.05) is 12.1 Å². The molecule has 0 amide bonds. The van der Waals surface area contributed by atoms with Crippen molar-refractivity contribution in [3.05, 3.63) is 71.8 Å². The molecule has 0 radical (unpaired) electrons. The highest BCUT2D eigenvalue weighted by Gasteiger charge is 2.20. The summed E-state index contributed by atoms with van der Waals surface area (Å²) in [4.78, 5) is 12.6. The zero-order chi connectivity index (χ0) is 19.7. The minimum Gasteiger partial charge on any atom is -0.382 e. The van der Waals surface area contributed by atoms with Gasteiger partial charge in [0, 0.05) is 23.5 Å². The van der Waals surface area contributed by atoms with Crippen molar-refractivity contribution in [2.45, 2.75) is 19.9 Å². The highest BCUT2D eigenvalue weighted by molar-refractivity contribution is 5.73. The van der Waals surface area contributed by atoms with Crippen LogP contribution in [0.3, 0.4) is 0 Å². The number of nitrogens with two attached hydrogens (primary N) is 1. The summed E-state index contributed by atoms with van der Waals surface area (Å²) in [5.41, 5.74) is 11.3.